The molecule has 1 unspecified atom stereocenters. The number of aromatic amines is 1. The van der Waals surface area contributed by atoms with E-state index in [1.807, 2.05) is 44.2 Å². The first kappa shape index (κ1) is 47.1. The summed E-state index contributed by atoms with van der Waals surface area (Å²) in [6.07, 6.45) is 4.74. The lowest BCUT2D eigenvalue weighted by Crippen LogP contribution is -2.52. The number of likely N-dealkylation sites (tertiary alicyclic amines) is 1. The van der Waals surface area contributed by atoms with E-state index in [2.05, 4.69) is 20.6 Å². The molecule has 0 aliphatic carbocycles. The molecule has 1 aromatic carbocycles. The Balaban J connectivity index is 1.63. The summed E-state index contributed by atoms with van der Waals surface area (Å²) in [7, 11) is -4.66. The predicted octanol–water partition coefficient (Wildman–Crippen LogP) is 2.54. The number of rotatable bonds is 26. The van der Waals surface area contributed by atoms with Gasteiger partial charge in [0, 0.05) is 44.6 Å². The second-order valence-electron chi connectivity index (χ2n) is 15.0. The molecule has 2 heterocycles. The number of aliphatic hydroxyl groups is 1. The third-order valence-corrected chi connectivity index (χ3v) is 11.1. The lowest BCUT2D eigenvalue weighted by atomic mass is 9.89. The maximum Gasteiger partial charge on any atom is 0.472 e. The van der Waals surface area contributed by atoms with E-state index in [1.165, 1.54) is 36.8 Å². The lowest BCUT2D eigenvalue weighted by Gasteiger charge is -2.27. The Kier molecular flexibility index (Phi) is 19.2. The summed E-state index contributed by atoms with van der Waals surface area (Å²) >= 11 is 0. The molecule has 1 fully saturated rings. The second kappa shape index (κ2) is 23.2. The number of nitrogens with two attached hydrogens (primary N) is 1. The van der Waals surface area contributed by atoms with E-state index < -0.39 is 86.2 Å². The largest absolute Gasteiger partial charge is 0.472 e. The van der Waals surface area contributed by atoms with E-state index in [1.54, 1.807) is 0 Å². The molecule has 0 saturated carbocycles. The molecule has 17 nitrogen and oxygen atoms in total. The quantitative estimate of drug-likeness (QED) is 0.0591. The number of unbranched alkanes of at least 4 members (excludes halogenated alkanes) is 2. The summed E-state index contributed by atoms with van der Waals surface area (Å²) in [6.45, 7) is 5.90. The zero-order valence-electron chi connectivity index (χ0n) is 33.3. The van der Waals surface area contributed by atoms with E-state index in [9.17, 15) is 43.3 Å². The number of ketones is 2. The summed E-state index contributed by atoms with van der Waals surface area (Å²) in [5.74, 6) is -6.29. The van der Waals surface area contributed by atoms with Crippen molar-refractivity contribution < 1.29 is 52.4 Å². The summed E-state index contributed by atoms with van der Waals surface area (Å²) in [5, 5.41) is 15.4. The first-order chi connectivity index (χ1) is 27.0. The number of carbonyl (C=O) groups is 6. The Hall–Kier alpha value is -4.28. The van der Waals surface area contributed by atoms with Gasteiger partial charge in [-0.25, -0.2) is 9.55 Å². The predicted molar refractivity (Wildman–Crippen MR) is 209 cm³/mol. The van der Waals surface area contributed by atoms with Gasteiger partial charge in [0.05, 0.1) is 43.5 Å². The minimum absolute atomic E-state index is 0.0133. The van der Waals surface area contributed by atoms with Crippen molar-refractivity contribution in [2.45, 2.75) is 116 Å². The molecule has 1 aliphatic rings. The molecule has 1 aliphatic heterocycles. The van der Waals surface area contributed by atoms with Crippen molar-refractivity contribution in [1.29, 1.82) is 0 Å². The van der Waals surface area contributed by atoms with Crippen LogP contribution in [0.4, 0.5) is 0 Å². The average molecular weight is 819 g/mol. The van der Waals surface area contributed by atoms with Crippen LogP contribution in [0.2, 0.25) is 0 Å². The Morgan fingerprint density at radius 2 is 1.72 bits per heavy atom. The Morgan fingerprint density at radius 3 is 2.33 bits per heavy atom. The van der Waals surface area contributed by atoms with Gasteiger partial charge >= 0.3 is 7.82 Å². The molecule has 1 saturated heterocycles. The van der Waals surface area contributed by atoms with E-state index >= 15 is 0 Å². The molecular formula is C39H59N6O11P. The molecular weight excluding hydrogens is 759 g/mol. The average Bonchev–Trinajstić information content (AvgIpc) is 3.86. The van der Waals surface area contributed by atoms with E-state index in [0.29, 0.717) is 31.5 Å². The van der Waals surface area contributed by atoms with E-state index in [4.69, 9.17) is 14.8 Å². The normalized spacial score (nSPS) is 17.9. The van der Waals surface area contributed by atoms with Crippen molar-refractivity contribution in [2.24, 2.45) is 23.5 Å². The number of aromatic nitrogens is 2. The first-order valence-corrected chi connectivity index (χ1v) is 21.0. The summed E-state index contributed by atoms with van der Waals surface area (Å²) in [5.41, 5.74) is 7.24. The fourth-order valence-electron chi connectivity index (χ4n) is 6.85. The van der Waals surface area contributed by atoms with Gasteiger partial charge in [0.25, 0.3) is 0 Å². The van der Waals surface area contributed by atoms with Gasteiger partial charge in [0.2, 0.25) is 23.6 Å². The Morgan fingerprint density at radius 1 is 1.02 bits per heavy atom. The highest BCUT2D eigenvalue weighted by Crippen LogP contribution is 2.46. The Bertz CT molecular complexity index is 1680. The molecule has 1 aromatic heterocycles. The fourth-order valence-corrected chi connectivity index (χ4v) is 7.84. The van der Waals surface area contributed by atoms with E-state index in [0.717, 1.165) is 19.3 Å². The topological polar surface area (TPSA) is 260 Å². The van der Waals surface area contributed by atoms with Crippen LogP contribution in [0.5, 0.6) is 0 Å². The molecule has 7 atom stereocenters. The van der Waals surface area contributed by atoms with Crippen LogP contribution in [0.25, 0.3) is 0 Å². The number of phosphoric acid groups is 1. The maximum atomic E-state index is 13.8. The van der Waals surface area contributed by atoms with Gasteiger partial charge < -0.3 is 36.3 Å². The number of phosphoric ester groups is 1. The van der Waals surface area contributed by atoms with Gasteiger partial charge in [-0.2, -0.15) is 0 Å². The van der Waals surface area contributed by atoms with Crippen LogP contribution in [-0.4, -0.2) is 104 Å². The molecule has 2 aromatic rings. The van der Waals surface area contributed by atoms with Crippen molar-refractivity contribution in [3.63, 3.8) is 0 Å². The van der Waals surface area contributed by atoms with Crippen LogP contribution < -0.4 is 16.4 Å². The maximum absolute atomic E-state index is 13.8. The lowest BCUT2D eigenvalue weighted by molar-refractivity contribution is -0.138. The molecule has 0 radical (unpaired) electrons. The highest BCUT2D eigenvalue weighted by molar-refractivity contribution is 7.47. The third kappa shape index (κ3) is 15.9. The summed E-state index contributed by atoms with van der Waals surface area (Å²) < 4.78 is 23.0. The van der Waals surface area contributed by atoms with Crippen LogP contribution in [0.1, 0.15) is 90.3 Å². The van der Waals surface area contributed by atoms with Gasteiger partial charge in [-0.1, -0.05) is 50.6 Å². The number of hydrogen-bond acceptors (Lipinski definition) is 11. The monoisotopic (exact) mass is 818 g/mol. The number of primary amides is 1. The first-order valence-electron chi connectivity index (χ1n) is 19.5. The fraction of sp³-hybridized carbons (Fsp3) is 0.615. The van der Waals surface area contributed by atoms with Gasteiger partial charge in [-0.3, -0.25) is 37.8 Å². The SMILES string of the molecule is CC(=O)N1CCC[C@H]1C(=O)N[C@@H](CC(C)C)C(=O)C[C@@H](Cc1cnc[nH]1)C(=O)N[C@@H](CO)C(=O)C[C@H](C(N)=O)[C@@H](C)OP(=O)(O)OCCCCCc1ccccc1. The molecule has 3 rings (SSSR count). The number of nitrogens with one attached hydrogen (secondary N) is 3. The smallest absolute Gasteiger partial charge is 0.394 e. The number of aliphatic hydroxyl groups excluding tert-OH is 1. The molecule has 18 heteroatoms. The van der Waals surface area contributed by atoms with Gasteiger partial charge in [-0.05, 0) is 56.9 Å². The van der Waals surface area contributed by atoms with Crippen LogP contribution >= 0.6 is 7.82 Å². The van der Waals surface area contributed by atoms with Crippen molar-refractivity contribution in [2.75, 3.05) is 19.8 Å². The zero-order chi connectivity index (χ0) is 42.1. The number of aryl methyl sites for hydroxylation is 1. The van der Waals surface area contributed by atoms with Crippen molar-refractivity contribution in [1.82, 2.24) is 25.5 Å². The number of carbonyl (C=O) groups excluding carboxylic acids is 6. The van der Waals surface area contributed by atoms with Crippen LogP contribution in [0.3, 0.4) is 0 Å². The van der Waals surface area contributed by atoms with Crippen molar-refractivity contribution >= 4 is 43.0 Å². The van der Waals surface area contributed by atoms with E-state index in [-0.39, 0.29) is 37.7 Å². The Labute approximate surface area is 333 Å². The number of imidazole rings is 1. The number of hydrogen-bond donors (Lipinski definition) is 6. The number of amides is 4. The highest BCUT2D eigenvalue weighted by Gasteiger charge is 2.38. The molecule has 0 bridgehead atoms. The number of Topliss-reactive ketones (excluding diaryl/α,β-unsaturated/α-hetero) is 2. The number of benzene rings is 1. The van der Waals surface area contributed by atoms with Gasteiger partial charge in [0.1, 0.15) is 12.1 Å². The summed E-state index contributed by atoms with van der Waals surface area (Å²) in [4.78, 5) is 97.5. The van der Waals surface area contributed by atoms with Crippen LogP contribution in [-0.2, 0) is 55.2 Å². The zero-order valence-corrected chi connectivity index (χ0v) is 34.2. The highest BCUT2D eigenvalue weighted by atomic mass is 31.2. The van der Waals surface area contributed by atoms with Crippen molar-refractivity contribution in [3.8, 4) is 0 Å². The van der Waals surface area contributed by atoms with Crippen molar-refractivity contribution in [3.05, 3.63) is 54.1 Å². The number of H-pyrrole nitrogens is 1. The summed E-state index contributed by atoms with van der Waals surface area (Å²) in [6, 6.07) is 6.66. The molecule has 0 spiro atoms. The number of nitrogens with zero attached hydrogens (tertiary/aromatic N) is 2. The minimum atomic E-state index is -4.66. The van der Waals surface area contributed by atoms with Gasteiger partial charge in [-0.15, -0.1) is 0 Å². The minimum Gasteiger partial charge on any atom is -0.394 e. The molecule has 4 amide bonds. The van der Waals surface area contributed by atoms with Crippen LogP contribution in [0.15, 0.2) is 42.9 Å². The molecule has 57 heavy (non-hydrogen) atoms. The third-order valence-electron chi connectivity index (χ3n) is 9.96. The second-order valence-corrected chi connectivity index (χ2v) is 16.4. The standard InChI is InChI=1S/C39H59N6O11P/c1-25(2)18-32(43-39(52)34-15-11-16-45(34)27(4)47)35(48)20-29(19-30-22-41-24-42-30)38(51)44-33(23-46)36(49)21-31(37(40)50)26(3)56-57(53,54)55-17-10-6-9-14-28-12-7-5-8-13-28/h5,7-8,12-13,22,24-26,29,31-34,46H,6,9-11,14-21,23H2,1-4H3,(H2,40,50)(H,41,42)(H,43,52)(H,44,51)(H,53,54)/t26-,29-,31+,32+,33+,34+/m1/s1. The molecule has 316 valence electrons. The van der Waals surface area contributed by atoms with Gasteiger partial charge in [0.15, 0.2) is 11.6 Å². The van der Waals surface area contributed by atoms with Crippen LogP contribution in [0, 0.1) is 17.8 Å². The molecule has 7 N–H and O–H groups in total.